The third-order valence-corrected chi connectivity index (χ3v) is 8.64. The molecule has 0 aliphatic rings. The van der Waals surface area contributed by atoms with Crippen LogP contribution in [0, 0.1) is 0 Å². The summed E-state index contributed by atoms with van der Waals surface area (Å²) in [6, 6.07) is 32.2. The number of phenols is 1. The van der Waals surface area contributed by atoms with Crippen LogP contribution in [0.25, 0.3) is 0 Å². The average Bonchev–Trinajstić information content (AvgIpc) is 2.99. The summed E-state index contributed by atoms with van der Waals surface area (Å²) in [6.07, 6.45) is 8.42. The van der Waals surface area contributed by atoms with Gasteiger partial charge in [-0.2, -0.15) is 0 Å². The monoisotopic (exact) mass is 573 g/mol. The number of unbranched alkanes of at least 4 members (excludes halogenated alkanes) is 6. The first kappa shape index (κ1) is 30.1. The molecule has 7 heteroatoms. The summed E-state index contributed by atoms with van der Waals surface area (Å²) in [5, 5.41) is 13.8. The van der Waals surface area contributed by atoms with Gasteiger partial charge in [0.05, 0.1) is 12.3 Å². The van der Waals surface area contributed by atoms with Crippen molar-refractivity contribution in [3.05, 3.63) is 115 Å². The Bertz CT molecular complexity index is 1320. The van der Waals surface area contributed by atoms with Gasteiger partial charge in [0.25, 0.3) is 0 Å². The fourth-order valence-corrected chi connectivity index (χ4v) is 6.39. The van der Waals surface area contributed by atoms with E-state index in [4.69, 9.17) is 13.8 Å². The van der Waals surface area contributed by atoms with Crippen LogP contribution < -0.4 is 19.1 Å². The molecule has 0 saturated heterocycles. The van der Waals surface area contributed by atoms with Crippen molar-refractivity contribution in [2.24, 2.45) is 0 Å². The highest BCUT2D eigenvalue weighted by Crippen LogP contribution is 2.60. The highest BCUT2D eigenvalue weighted by Gasteiger charge is 2.41. The predicted octanol–water partition coefficient (Wildman–Crippen LogP) is 9.98. The van der Waals surface area contributed by atoms with E-state index in [1.165, 1.54) is 32.1 Å². The quantitative estimate of drug-likeness (QED) is 0.0744. The molecule has 1 atom stereocenters. The Morgan fingerprint density at radius 1 is 0.683 bits per heavy atom. The first-order valence-electron chi connectivity index (χ1n) is 14.4. The first-order chi connectivity index (χ1) is 20.1. The summed E-state index contributed by atoms with van der Waals surface area (Å²) in [5.74, 6) is 0.529. The Kier molecular flexibility index (Phi) is 11.6. The highest BCUT2D eigenvalue weighted by atomic mass is 31.2. The summed E-state index contributed by atoms with van der Waals surface area (Å²) < 4.78 is 33.3. The highest BCUT2D eigenvalue weighted by molar-refractivity contribution is 7.55. The minimum absolute atomic E-state index is 0.0230. The second-order valence-corrected chi connectivity index (χ2v) is 11.9. The second kappa shape index (κ2) is 15.8. The zero-order valence-corrected chi connectivity index (χ0v) is 24.5. The molecule has 0 aliphatic heterocycles. The lowest BCUT2D eigenvalue weighted by Gasteiger charge is -2.29. The van der Waals surface area contributed by atoms with Gasteiger partial charge in [-0.3, -0.25) is 0 Å². The Morgan fingerprint density at radius 3 is 1.88 bits per heavy atom. The molecule has 0 saturated carbocycles. The van der Waals surface area contributed by atoms with Gasteiger partial charge in [0, 0.05) is 0 Å². The van der Waals surface area contributed by atoms with Crippen LogP contribution in [-0.4, -0.2) is 11.7 Å². The van der Waals surface area contributed by atoms with Crippen molar-refractivity contribution in [1.82, 2.24) is 0 Å². The topological polar surface area (TPSA) is 77.0 Å². The van der Waals surface area contributed by atoms with Crippen molar-refractivity contribution in [3.63, 3.8) is 0 Å². The molecule has 41 heavy (non-hydrogen) atoms. The van der Waals surface area contributed by atoms with Gasteiger partial charge in [-0.25, -0.2) is 4.57 Å². The Balaban J connectivity index is 1.61. The number of hydrogen-bond acceptors (Lipinski definition) is 6. The molecule has 4 rings (SSSR count). The maximum Gasteiger partial charge on any atom is 0.457 e. The largest absolute Gasteiger partial charge is 0.506 e. The number of nitrogens with one attached hydrogen (secondary N) is 1. The van der Waals surface area contributed by atoms with Gasteiger partial charge in [0.15, 0.2) is 5.78 Å². The van der Waals surface area contributed by atoms with Crippen LogP contribution in [0.3, 0.4) is 0 Å². The molecular weight excluding hydrogens is 533 g/mol. The van der Waals surface area contributed by atoms with Crippen molar-refractivity contribution >= 4 is 13.3 Å². The standard InChI is InChI=1S/C34H40NO5P/c1-2-3-4-5-6-7-16-26-38-31-23-17-18-28(27-31)34(35-32-24-14-15-25-33(32)36)41(37,39-29-19-10-8-11-20-29)40-30-21-12-9-13-22-30/h8-15,17-25,27,34-36H,2-7,16,26H2,1H3/t34-/m1/s1. The predicted molar refractivity (Wildman–Crippen MR) is 166 cm³/mol. The van der Waals surface area contributed by atoms with Crippen LogP contribution in [-0.2, 0) is 4.57 Å². The summed E-state index contributed by atoms with van der Waals surface area (Å²) in [4.78, 5) is 0. The third kappa shape index (κ3) is 9.33. The number of phenolic OH excluding ortho intramolecular Hbond substituents is 1. The van der Waals surface area contributed by atoms with Crippen LogP contribution >= 0.6 is 7.60 Å². The summed E-state index contributed by atoms with van der Waals surface area (Å²) in [5.41, 5.74) is 1.04. The number of ether oxygens (including phenoxy) is 1. The maximum atomic E-state index is 14.9. The molecule has 0 aromatic heterocycles. The van der Waals surface area contributed by atoms with Crippen molar-refractivity contribution < 1.29 is 23.5 Å². The van der Waals surface area contributed by atoms with Gasteiger partial charge >= 0.3 is 7.60 Å². The second-order valence-electron chi connectivity index (χ2n) is 9.95. The van der Waals surface area contributed by atoms with E-state index >= 15 is 0 Å². The smallest absolute Gasteiger partial charge is 0.457 e. The van der Waals surface area contributed by atoms with E-state index in [0.29, 0.717) is 35.1 Å². The Labute approximate surface area is 243 Å². The molecule has 0 bridgehead atoms. The van der Waals surface area contributed by atoms with Gasteiger partial charge in [0.1, 0.15) is 23.0 Å². The molecule has 0 radical (unpaired) electrons. The maximum absolute atomic E-state index is 14.9. The lowest BCUT2D eigenvalue weighted by Crippen LogP contribution is -2.18. The summed E-state index contributed by atoms with van der Waals surface area (Å²) in [7, 11) is -4.03. The minimum Gasteiger partial charge on any atom is -0.506 e. The summed E-state index contributed by atoms with van der Waals surface area (Å²) in [6.45, 7) is 2.83. The number of rotatable bonds is 17. The van der Waals surface area contributed by atoms with Crippen LogP contribution in [0.1, 0.15) is 63.2 Å². The number of hydrogen-bond donors (Lipinski definition) is 2. The van der Waals surface area contributed by atoms with Gasteiger partial charge in [-0.15, -0.1) is 0 Å². The van der Waals surface area contributed by atoms with E-state index in [9.17, 15) is 9.67 Å². The number of anilines is 1. The van der Waals surface area contributed by atoms with Gasteiger partial charge in [-0.05, 0) is 60.5 Å². The first-order valence-corrected chi connectivity index (χ1v) is 16.0. The number of benzene rings is 4. The van der Waals surface area contributed by atoms with Crippen molar-refractivity contribution in [2.45, 2.75) is 57.7 Å². The Hall–Kier alpha value is -3.89. The zero-order valence-electron chi connectivity index (χ0n) is 23.7. The lowest BCUT2D eigenvalue weighted by atomic mass is 10.1. The lowest BCUT2D eigenvalue weighted by molar-refractivity contribution is 0.304. The fraction of sp³-hybridized carbons (Fsp3) is 0.294. The number of aromatic hydroxyl groups is 1. The van der Waals surface area contributed by atoms with E-state index in [1.54, 1.807) is 48.5 Å². The van der Waals surface area contributed by atoms with Crippen molar-refractivity contribution in [3.8, 4) is 23.0 Å². The molecule has 0 spiro atoms. The van der Waals surface area contributed by atoms with Gasteiger partial charge < -0.3 is 24.2 Å². The van der Waals surface area contributed by atoms with Crippen molar-refractivity contribution in [2.75, 3.05) is 11.9 Å². The van der Waals surface area contributed by atoms with Crippen molar-refractivity contribution in [1.29, 1.82) is 0 Å². The fourth-order valence-electron chi connectivity index (χ4n) is 4.49. The normalized spacial score (nSPS) is 11.9. The van der Waals surface area contributed by atoms with E-state index in [2.05, 4.69) is 12.2 Å². The molecule has 0 unspecified atom stereocenters. The molecule has 6 nitrogen and oxygen atoms in total. The van der Waals surface area contributed by atoms with Crippen LogP contribution in [0.15, 0.2) is 109 Å². The molecule has 4 aromatic rings. The van der Waals surface area contributed by atoms with Gasteiger partial charge in [-0.1, -0.05) is 106 Å². The average molecular weight is 574 g/mol. The molecule has 0 amide bonds. The zero-order chi connectivity index (χ0) is 28.8. The van der Waals surface area contributed by atoms with E-state index in [1.807, 2.05) is 60.7 Å². The SMILES string of the molecule is CCCCCCCCCOc1cccc([C@H](Nc2ccccc2O)P(=O)(Oc2ccccc2)Oc2ccccc2)c1. The molecule has 4 aromatic carbocycles. The molecule has 0 heterocycles. The molecule has 216 valence electrons. The molecule has 2 N–H and O–H groups in total. The Morgan fingerprint density at radius 2 is 1.24 bits per heavy atom. The van der Waals surface area contributed by atoms with E-state index < -0.39 is 13.4 Å². The van der Waals surface area contributed by atoms with Crippen LogP contribution in [0.4, 0.5) is 5.69 Å². The van der Waals surface area contributed by atoms with Crippen LogP contribution in [0.5, 0.6) is 23.0 Å². The number of para-hydroxylation sites is 4. The minimum atomic E-state index is -4.03. The summed E-state index contributed by atoms with van der Waals surface area (Å²) >= 11 is 0. The van der Waals surface area contributed by atoms with E-state index in [-0.39, 0.29) is 5.75 Å². The third-order valence-electron chi connectivity index (χ3n) is 6.65. The molecule has 0 fully saturated rings. The molecule has 0 aliphatic carbocycles. The molecular formula is C34H40NO5P. The van der Waals surface area contributed by atoms with Gasteiger partial charge in [0.2, 0.25) is 0 Å². The van der Waals surface area contributed by atoms with E-state index in [0.717, 1.165) is 12.8 Å². The van der Waals surface area contributed by atoms with Crippen LogP contribution in [0.2, 0.25) is 0 Å².